The summed E-state index contributed by atoms with van der Waals surface area (Å²) >= 11 is 9.40. The summed E-state index contributed by atoms with van der Waals surface area (Å²) in [6.45, 7) is 5.98. The molecule has 1 heterocycles. The summed E-state index contributed by atoms with van der Waals surface area (Å²) in [7, 11) is -3.77. The molecule has 1 atom stereocenters. The largest absolute Gasteiger partial charge is 0.368 e. The molecule has 0 aromatic heterocycles. The number of benzene rings is 2. The van der Waals surface area contributed by atoms with Gasteiger partial charge in [-0.15, -0.1) is 0 Å². The van der Waals surface area contributed by atoms with Gasteiger partial charge in [0.05, 0.1) is 10.9 Å². The number of carbonyl (C=O) groups excluding carboxylic acids is 1. The minimum absolute atomic E-state index is 0.126. The van der Waals surface area contributed by atoms with Crippen LogP contribution in [0.15, 0.2) is 51.8 Å². The van der Waals surface area contributed by atoms with Crippen LogP contribution in [0.25, 0.3) is 0 Å². The van der Waals surface area contributed by atoms with Gasteiger partial charge in [0.25, 0.3) is 0 Å². The van der Waals surface area contributed by atoms with Gasteiger partial charge >= 0.3 is 0 Å². The Kier molecular flexibility index (Phi) is 6.88. The molecule has 1 N–H and O–H groups in total. The van der Waals surface area contributed by atoms with Crippen LogP contribution in [-0.4, -0.2) is 51.4 Å². The zero-order chi connectivity index (χ0) is 21.2. The number of nitrogens with zero attached hydrogens (tertiary/aromatic N) is 2. The van der Waals surface area contributed by atoms with E-state index in [1.807, 2.05) is 25.1 Å². The van der Waals surface area contributed by atoms with E-state index in [9.17, 15) is 13.2 Å². The number of rotatable bonds is 5. The molecule has 9 heteroatoms. The van der Waals surface area contributed by atoms with Gasteiger partial charge in [0.2, 0.25) is 15.9 Å². The molecule has 1 aliphatic heterocycles. The predicted octanol–water partition coefficient (Wildman–Crippen LogP) is 3.43. The highest BCUT2D eigenvalue weighted by atomic mass is 79.9. The molecule has 6 nitrogen and oxygen atoms in total. The maximum absolute atomic E-state index is 12.8. The van der Waals surface area contributed by atoms with Crippen molar-refractivity contribution in [2.75, 3.05) is 31.1 Å². The average Bonchev–Trinajstić information content (AvgIpc) is 2.69. The molecule has 0 bridgehead atoms. The van der Waals surface area contributed by atoms with E-state index in [-0.39, 0.29) is 10.8 Å². The van der Waals surface area contributed by atoms with Gasteiger partial charge in [-0.25, -0.2) is 8.42 Å². The quantitative estimate of drug-likeness (QED) is 0.683. The van der Waals surface area contributed by atoms with Crippen molar-refractivity contribution in [1.29, 1.82) is 0 Å². The van der Waals surface area contributed by atoms with Gasteiger partial charge in [-0.3, -0.25) is 4.79 Å². The van der Waals surface area contributed by atoms with Gasteiger partial charge in [0.1, 0.15) is 0 Å². The number of aryl methyl sites for hydroxylation is 1. The van der Waals surface area contributed by atoms with Crippen molar-refractivity contribution < 1.29 is 13.2 Å². The Morgan fingerprint density at radius 3 is 2.34 bits per heavy atom. The summed E-state index contributed by atoms with van der Waals surface area (Å²) in [5.74, 6) is -0.229. The Morgan fingerprint density at radius 1 is 1.10 bits per heavy atom. The second-order valence-corrected chi connectivity index (χ2v) is 10.1. The molecule has 2 aromatic carbocycles. The van der Waals surface area contributed by atoms with E-state index in [0.29, 0.717) is 31.2 Å². The summed E-state index contributed by atoms with van der Waals surface area (Å²) in [4.78, 5) is 16.8. The highest BCUT2D eigenvalue weighted by molar-refractivity contribution is 9.10. The van der Waals surface area contributed by atoms with Crippen molar-refractivity contribution in [3.63, 3.8) is 0 Å². The second-order valence-electron chi connectivity index (χ2n) is 7.04. The molecule has 2 aromatic rings. The normalized spacial score (nSPS) is 16.0. The zero-order valence-corrected chi connectivity index (χ0v) is 19.4. The molecular formula is C20H23BrClN3O3S. The number of nitrogens with one attached hydrogen (secondary N) is 1. The number of piperazine rings is 1. The molecule has 0 radical (unpaired) electrons. The Bertz CT molecular complexity index is 991. The van der Waals surface area contributed by atoms with E-state index in [1.165, 1.54) is 12.1 Å². The van der Waals surface area contributed by atoms with E-state index in [1.54, 1.807) is 24.0 Å². The molecule has 1 amide bonds. The number of amides is 1. The SMILES string of the molecule is Cc1ccc(Cl)cc1N1CCN(C(=O)[C@H](C)NS(=O)(=O)c2ccc(Br)cc2)CC1. The standard InChI is InChI=1S/C20H23BrClN3O3S/c1-14-3-6-17(22)13-19(14)24-9-11-25(12-10-24)20(26)15(2)23-29(27,28)18-7-4-16(21)5-8-18/h3-8,13,15,23H,9-12H2,1-2H3/t15-/m0/s1. The van der Waals surface area contributed by atoms with E-state index in [0.717, 1.165) is 15.7 Å². The Labute approximate surface area is 185 Å². The lowest BCUT2D eigenvalue weighted by atomic mass is 10.1. The van der Waals surface area contributed by atoms with Crippen LogP contribution >= 0.6 is 27.5 Å². The number of carbonyl (C=O) groups is 1. The number of halogens is 2. The van der Waals surface area contributed by atoms with Gasteiger partial charge in [-0.05, 0) is 55.8 Å². The van der Waals surface area contributed by atoms with Crippen LogP contribution in [0.1, 0.15) is 12.5 Å². The lowest BCUT2D eigenvalue weighted by Gasteiger charge is -2.37. The molecule has 29 heavy (non-hydrogen) atoms. The molecule has 3 rings (SSSR count). The van der Waals surface area contributed by atoms with Gasteiger partial charge in [0, 0.05) is 41.4 Å². The first-order valence-electron chi connectivity index (χ1n) is 9.25. The Balaban J connectivity index is 1.61. The average molecular weight is 501 g/mol. The summed E-state index contributed by atoms with van der Waals surface area (Å²) < 4.78 is 28.3. The molecule has 156 valence electrons. The van der Waals surface area contributed by atoms with Crippen LogP contribution in [-0.2, 0) is 14.8 Å². The first-order valence-corrected chi connectivity index (χ1v) is 11.9. The first-order chi connectivity index (χ1) is 13.7. The fraction of sp³-hybridized carbons (Fsp3) is 0.350. The maximum atomic E-state index is 12.8. The van der Waals surface area contributed by atoms with Crippen LogP contribution < -0.4 is 9.62 Å². The van der Waals surface area contributed by atoms with Crippen LogP contribution in [0.5, 0.6) is 0 Å². The third kappa shape index (κ3) is 5.31. The van der Waals surface area contributed by atoms with Gasteiger partial charge in [0.15, 0.2) is 0 Å². The van der Waals surface area contributed by atoms with Crippen molar-refractivity contribution >= 4 is 49.1 Å². The smallest absolute Gasteiger partial charge is 0.241 e. The molecule has 1 saturated heterocycles. The Morgan fingerprint density at radius 2 is 1.72 bits per heavy atom. The summed E-state index contributed by atoms with van der Waals surface area (Å²) in [6.07, 6.45) is 0. The molecule has 0 spiro atoms. The Hall–Kier alpha value is -1.61. The molecule has 1 aliphatic rings. The highest BCUT2D eigenvalue weighted by Gasteiger charge is 2.28. The molecule has 1 fully saturated rings. The lowest BCUT2D eigenvalue weighted by molar-refractivity contribution is -0.132. The van der Waals surface area contributed by atoms with Gasteiger partial charge in [-0.1, -0.05) is 33.6 Å². The van der Waals surface area contributed by atoms with Crippen LogP contribution in [0.2, 0.25) is 5.02 Å². The van der Waals surface area contributed by atoms with Crippen molar-refractivity contribution in [2.24, 2.45) is 0 Å². The van der Waals surface area contributed by atoms with Gasteiger partial charge < -0.3 is 9.80 Å². The maximum Gasteiger partial charge on any atom is 0.241 e. The summed E-state index contributed by atoms with van der Waals surface area (Å²) in [5, 5.41) is 0.681. The minimum atomic E-state index is -3.77. The van der Waals surface area contributed by atoms with Crippen molar-refractivity contribution in [3.05, 3.63) is 57.5 Å². The van der Waals surface area contributed by atoms with Crippen LogP contribution in [0.4, 0.5) is 5.69 Å². The molecule has 0 saturated carbocycles. The first kappa shape index (κ1) is 22.1. The fourth-order valence-corrected chi connectivity index (χ4v) is 4.96. The van der Waals surface area contributed by atoms with Crippen LogP contribution in [0.3, 0.4) is 0 Å². The van der Waals surface area contributed by atoms with E-state index in [2.05, 4.69) is 25.6 Å². The zero-order valence-electron chi connectivity index (χ0n) is 16.2. The monoisotopic (exact) mass is 499 g/mol. The van der Waals surface area contributed by atoms with Gasteiger partial charge in [-0.2, -0.15) is 4.72 Å². The number of hydrogen-bond acceptors (Lipinski definition) is 4. The van der Waals surface area contributed by atoms with E-state index in [4.69, 9.17) is 11.6 Å². The molecule has 0 unspecified atom stereocenters. The van der Waals surface area contributed by atoms with Crippen molar-refractivity contribution in [1.82, 2.24) is 9.62 Å². The van der Waals surface area contributed by atoms with Crippen LogP contribution in [0, 0.1) is 6.92 Å². The second kappa shape index (κ2) is 9.04. The number of hydrogen-bond donors (Lipinski definition) is 1. The highest BCUT2D eigenvalue weighted by Crippen LogP contribution is 2.25. The van der Waals surface area contributed by atoms with Crippen molar-refractivity contribution in [2.45, 2.75) is 24.8 Å². The minimum Gasteiger partial charge on any atom is -0.368 e. The third-order valence-corrected chi connectivity index (χ3v) is 7.25. The molecular weight excluding hydrogens is 478 g/mol. The lowest BCUT2D eigenvalue weighted by Crippen LogP contribution is -2.54. The van der Waals surface area contributed by atoms with Crippen molar-refractivity contribution in [3.8, 4) is 0 Å². The number of anilines is 1. The molecule has 0 aliphatic carbocycles. The summed E-state index contributed by atoms with van der Waals surface area (Å²) in [6, 6.07) is 11.2. The van der Waals surface area contributed by atoms with E-state index < -0.39 is 16.1 Å². The third-order valence-electron chi connectivity index (χ3n) is 4.93. The fourth-order valence-electron chi connectivity index (χ4n) is 3.33. The van der Waals surface area contributed by atoms with E-state index >= 15 is 0 Å². The summed E-state index contributed by atoms with van der Waals surface area (Å²) in [5.41, 5.74) is 2.19. The topological polar surface area (TPSA) is 69.7 Å². The number of sulfonamides is 1. The predicted molar refractivity (Wildman–Crippen MR) is 119 cm³/mol.